The molecule has 1 aromatic rings. The van der Waals surface area contributed by atoms with E-state index >= 15 is 0 Å². The SMILES string of the molecule is CN(C)C(=O)c1ccc(OC2CC2)c(I)n1. The monoisotopic (exact) mass is 332 g/mol. The fourth-order valence-corrected chi connectivity index (χ4v) is 1.79. The molecule has 1 saturated carbocycles. The van der Waals surface area contributed by atoms with Crippen molar-refractivity contribution in [3.63, 3.8) is 0 Å². The Bertz CT molecular complexity index is 416. The quantitative estimate of drug-likeness (QED) is 0.627. The molecule has 1 fully saturated rings. The standard InChI is InChI=1S/C11H13IN2O2/c1-14(2)11(15)8-5-6-9(10(12)13-8)16-7-3-4-7/h5-7H,3-4H2,1-2H3. The van der Waals surface area contributed by atoms with Gasteiger partial charge >= 0.3 is 0 Å². The number of carbonyl (C=O) groups is 1. The molecular weight excluding hydrogens is 319 g/mol. The van der Waals surface area contributed by atoms with Gasteiger partial charge in [-0.2, -0.15) is 0 Å². The van der Waals surface area contributed by atoms with Gasteiger partial charge in [-0.3, -0.25) is 4.79 Å². The number of rotatable bonds is 3. The molecule has 4 nitrogen and oxygen atoms in total. The van der Waals surface area contributed by atoms with Crippen molar-refractivity contribution in [2.45, 2.75) is 18.9 Å². The van der Waals surface area contributed by atoms with Crippen LogP contribution in [0.25, 0.3) is 0 Å². The van der Waals surface area contributed by atoms with Crippen LogP contribution in [0.3, 0.4) is 0 Å². The predicted molar refractivity (Wildman–Crippen MR) is 68.6 cm³/mol. The number of pyridine rings is 1. The van der Waals surface area contributed by atoms with Gasteiger partial charge in [-0.25, -0.2) is 4.98 Å². The molecule has 0 bridgehead atoms. The Morgan fingerprint density at radius 1 is 1.50 bits per heavy atom. The highest BCUT2D eigenvalue weighted by molar-refractivity contribution is 14.1. The number of ether oxygens (including phenoxy) is 1. The average molecular weight is 332 g/mol. The van der Waals surface area contributed by atoms with Gasteiger partial charge in [0.05, 0.1) is 6.10 Å². The number of nitrogens with zero attached hydrogens (tertiary/aromatic N) is 2. The van der Waals surface area contributed by atoms with Crippen molar-refractivity contribution in [1.82, 2.24) is 9.88 Å². The molecule has 1 aliphatic carbocycles. The van der Waals surface area contributed by atoms with Crippen molar-refractivity contribution in [1.29, 1.82) is 0 Å². The van der Waals surface area contributed by atoms with Crippen molar-refractivity contribution < 1.29 is 9.53 Å². The summed E-state index contributed by atoms with van der Waals surface area (Å²) in [6.45, 7) is 0. The number of carbonyl (C=O) groups excluding carboxylic acids is 1. The van der Waals surface area contributed by atoms with Crippen LogP contribution in [0.2, 0.25) is 0 Å². The summed E-state index contributed by atoms with van der Waals surface area (Å²) in [7, 11) is 3.43. The van der Waals surface area contributed by atoms with E-state index in [2.05, 4.69) is 27.6 Å². The molecule has 1 heterocycles. The maximum absolute atomic E-state index is 11.7. The zero-order chi connectivity index (χ0) is 11.7. The molecule has 0 radical (unpaired) electrons. The van der Waals surface area contributed by atoms with Gasteiger partial charge in [-0.1, -0.05) is 0 Å². The molecule has 0 spiro atoms. The van der Waals surface area contributed by atoms with E-state index in [4.69, 9.17) is 4.74 Å². The van der Waals surface area contributed by atoms with Crippen LogP contribution in [0.4, 0.5) is 0 Å². The minimum absolute atomic E-state index is 0.0871. The van der Waals surface area contributed by atoms with Gasteiger partial charge in [-0.05, 0) is 47.6 Å². The molecule has 0 N–H and O–H groups in total. The summed E-state index contributed by atoms with van der Waals surface area (Å²) >= 11 is 2.10. The Balaban J connectivity index is 2.17. The van der Waals surface area contributed by atoms with E-state index in [1.807, 2.05) is 6.07 Å². The summed E-state index contributed by atoms with van der Waals surface area (Å²) in [5, 5.41) is 0. The minimum Gasteiger partial charge on any atom is -0.488 e. The Labute approximate surface area is 108 Å². The Morgan fingerprint density at radius 3 is 2.69 bits per heavy atom. The van der Waals surface area contributed by atoms with Gasteiger partial charge in [-0.15, -0.1) is 0 Å². The lowest BCUT2D eigenvalue weighted by atomic mass is 10.3. The van der Waals surface area contributed by atoms with Crippen LogP contribution < -0.4 is 4.74 Å². The molecule has 0 saturated heterocycles. The van der Waals surface area contributed by atoms with E-state index in [-0.39, 0.29) is 5.91 Å². The fraction of sp³-hybridized carbons (Fsp3) is 0.455. The first kappa shape index (κ1) is 11.6. The highest BCUT2D eigenvalue weighted by Crippen LogP contribution is 2.29. The Morgan fingerprint density at radius 2 is 2.19 bits per heavy atom. The van der Waals surface area contributed by atoms with Crippen LogP contribution in [0.1, 0.15) is 23.3 Å². The van der Waals surface area contributed by atoms with Crippen LogP contribution in [0.15, 0.2) is 12.1 Å². The number of hydrogen-bond donors (Lipinski definition) is 0. The van der Waals surface area contributed by atoms with E-state index in [9.17, 15) is 4.79 Å². The summed E-state index contributed by atoms with van der Waals surface area (Å²) in [5.41, 5.74) is 0.456. The topological polar surface area (TPSA) is 42.4 Å². The van der Waals surface area contributed by atoms with Crippen LogP contribution in [0, 0.1) is 3.70 Å². The second kappa shape index (κ2) is 4.57. The highest BCUT2D eigenvalue weighted by atomic mass is 127. The van der Waals surface area contributed by atoms with Gasteiger partial charge in [0, 0.05) is 14.1 Å². The molecule has 0 unspecified atom stereocenters. The highest BCUT2D eigenvalue weighted by Gasteiger charge is 2.25. The van der Waals surface area contributed by atoms with Crippen molar-refractivity contribution in [2.75, 3.05) is 14.1 Å². The second-order valence-corrected chi connectivity index (χ2v) is 5.02. The maximum Gasteiger partial charge on any atom is 0.271 e. The average Bonchev–Trinajstić information content (AvgIpc) is 3.03. The molecule has 2 rings (SSSR count). The lowest BCUT2D eigenvalue weighted by Gasteiger charge is -2.11. The maximum atomic E-state index is 11.7. The van der Waals surface area contributed by atoms with Crippen molar-refractivity contribution >= 4 is 28.5 Å². The van der Waals surface area contributed by atoms with Crippen molar-refractivity contribution in [3.8, 4) is 5.75 Å². The minimum atomic E-state index is -0.0871. The van der Waals surface area contributed by atoms with Gasteiger partial charge in [0.1, 0.15) is 9.39 Å². The summed E-state index contributed by atoms with van der Waals surface area (Å²) in [6, 6.07) is 3.53. The van der Waals surface area contributed by atoms with Gasteiger partial charge in [0.2, 0.25) is 0 Å². The van der Waals surface area contributed by atoms with E-state index < -0.39 is 0 Å². The van der Waals surface area contributed by atoms with E-state index in [0.717, 1.165) is 22.3 Å². The molecule has 0 aromatic carbocycles. The third-order valence-electron chi connectivity index (χ3n) is 2.26. The first-order chi connectivity index (χ1) is 7.58. The van der Waals surface area contributed by atoms with Crippen LogP contribution >= 0.6 is 22.6 Å². The zero-order valence-electron chi connectivity index (χ0n) is 9.24. The number of halogens is 1. The van der Waals surface area contributed by atoms with E-state index in [1.54, 1.807) is 20.2 Å². The first-order valence-electron chi connectivity index (χ1n) is 5.13. The molecule has 1 aliphatic rings. The smallest absolute Gasteiger partial charge is 0.271 e. The van der Waals surface area contributed by atoms with Crippen molar-refractivity contribution in [2.24, 2.45) is 0 Å². The zero-order valence-corrected chi connectivity index (χ0v) is 11.4. The van der Waals surface area contributed by atoms with Gasteiger partial charge < -0.3 is 9.64 Å². The van der Waals surface area contributed by atoms with Gasteiger partial charge in [0.25, 0.3) is 5.91 Å². The molecule has 5 heteroatoms. The Kier molecular flexibility index (Phi) is 3.32. The van der Waals surface area contributed by atoms with Crippen LogP contribution in [-0.2, 0) is 0 Å². The van der Waals surface area contributed by atoms with Crippen LogP contribution in [-0.4, -0.2) is 36.0 Å². The number of amides is 1. The number of aromatic nitrogens is 1. The third kappa shape index (κ3) is 2.63. The van der Waals surface area contributed by atoms with Crippen molar-refractivity contribution in [3.05, 3.63) is 21.5 Å². The molecule has 86 valence electrons. The van der Waals surface area contributed by atoms with Crippen LogP contribution in [0.5, 0.6) is 5.75 Å². The van der Waals surface area contributed by atoms with E-state index in [1.165, 1.54) is 4.90 Å². The molecule has 1 amide bonds. The fourth-order valence-electron chi connectivity index (χ4n) is 1.22. The first-order valence-corrected chi connectivity index (χ1v) is 6.20. The number of hydrogen-bond acceptors (Lipinski definition) is 3. The largest absolute Gasteiger partial charge is 0.488 e. The van der Waals surface area contributed by atoms with E-state index in [0.29, 0.717) is 11.8 Å². The summed E-state index contributed by atoms with van der Waals surface area (Å²) in [5.74, 6) is 0.689. The summed E-state index contributed by atoms with van der Waals surface area (Å²) in [4.78, 5) is 17.4. The normalized spacial score (nSPS) is 14.7. The van der Waals surface area contributed by atoms with Gasteiger partial charge in [0.15, 0.2) is 5.75 Å². The second-order valence-electron chi connectivity index (χ2n) is 4.00. The predicted octanol–water partition coefficient (Wildman–Crippen LogP) is 1.93. The lowest BCUT2D eigenvalue weighted by molar-refractivity contribution is 0.0821. The third-order valence-corrected chi connectivity index (χ3v) is 3.03. The summed E-state index contributed by atoms with van der Waals surface area (Å²) in [6.07, 6.45) is 2.59. The molecule has 1 aromatic heterocycles. The molecule has 0 atom stereocenters. The molecule has 16 heavy (non-hydrogen) atoms. The lowest BCUT2D eigenvalue weighted by Crippen LogP contribution is -2.23. The molecule has 0 aliphatic heterocycles. The Hall–Kier alpha value is -0.850. The molecular formula is C11H13IN2O2. The summed E-state index contributed by atoms with van der Waals surface area (Å²) < 4.78 is 6.40.